The van der Waals surface area contributed by atoms with Gasteiger partial charge < -0.3 is 14.9 Å². The van der Waals surface area contributed by atoms with Crippen LogP contribution in [0.25, 0.3) is 10.4 Å². The molecule has 0 spiro atoms. The van der Waals surface area contributed by atoms with Crippen LogP contribution in [0, 0.1) is 0 Å². The summed E-state index contributed by atoms with van der Waals surface area (Å²) >= 11 is 0. The Hall–Kier alpha value is -1.14. The van der Waals surface area contributed by atoms with Gasteiger partial charge in [-0.3, -0.25) is 4.79 Å². The van der Waals surface area contributed by atoms with Crippen molar-refractivity contribution >= 4 is 5.78 Å². The molecule has 0 amide bonds. The molecule has 2 N–H and O–H groups in total. The quantitative estimate of drug-likeness (QED) is 0.355. The third-order valence-corrected chi connectivity index (χ3v) is 2.01. The van der Waals surface area contributed by atoms with E-state index in [1.165, 1.54) is 7.11 Å². The molecule has 0 aromatic heterocycles. The van der Waals surface area contributed by atoms with Crippen LogP contribution in [-0.4, -0.2) is 48.0 Å². The van der Waals surface area contributed by atoms with Crippen molar-refractivity contribution in [3.8, 4) is 0 Å². The Morgan fingerprint density at radius 1 is 1.60 bits per heavy atom. The predicted octanol–water partition coefficient (Wildman–Crippen LogP) is 0.0126. The van der Waals surface area contributed by atoms with E-state index >= 15 is 0 Å². The van der Waals surface area contributed by atoms with Crippen molar-refractivity contribution in [1.82, 2.24) is 0 Å². The molecule has 15 heavy (non-hydrogen) atoms. The summed E-state index contributed by atoms with van der Waals surface area (Å²) in [5, 5.41) is 22.1. The summed E-state index contributed by atoms with van der Waals surface area (Å²) in [6, 6.07) is 0. The van der Waals surface area contributed by atoms with Gasteiger partial charge in [-0.15, -0.1) is 0 Å². The fourth-order valence-corrected chi connectivity index (χ4v) is 1.04. The first-order chi connectivity index (χ1) is 7.08. The van der Waals surface area contributed by atoms with E-state index in [1.54, 1.807) is 6.92 Å². The summed E-state index contributed by atoms with van der Waals surface area (Å²) in [6.45, 7) is 1.44. The van der Waals surface area contributed by atoms with Crippen molar-refractivity contribution in [2.24, 2.45) is 5.11 Å². The largest absolute Gasteiger partial charge is 0.387 e. The van der Waals surface area contributed by atoms with Crippen LogP contribution < -0.4 is 0 Å². The van der Waals surface area contributed by atoms with Gasteiger partial charge in [-0.1, -0.05) is 12.0 Å². The van der Waals surface area contributed by atoms with Gasteiger partial charge in [0.15, 0.2) is 5.78 Å². The van der Waals surface area contributed by atoms with E-state index in [1.807, 2.05) is 0 Å². The average molecular weight is 217 g/mol. The molecule has 0 heterocycles. The van der Waals surface area contributed by atoms with Gasteiger partial charge >= 0.3 is 0 Å². The van der Waals surface area contributed by atoms with Gasteiger partial charge in [0, 0.05) is 18.4 Å². The van der Waals surface area contributed by atoms with E-state index in [9.17, 15) is 15.0 Å². The third-order valence-electron chi connectivity index (χ3n) is 2.01. The SMILES string of the molecule is CCC(=O)C(O)C(O)C(CN=[N+]=[N-])OC. The van der Waals surface area contributed by atoms with Crippen molar-refractivity contribution in [2.45, 2.75) is 31.7 Å². The summed E-state index contributed by atoms with van der Waals surface area (Å²) < 4.78 is 4.80. The lowest BCUT2D eigenvalue weighted by molar-refractivity contribution is -0.139. The number of hydrogen-bond acceptors (Lipinski definition) is 5. The molecule has 0 fully saturated rings. The van der Waals surface area contributed by atoms with E-state index in [0.29, 0.717) is 0 Å². The van der Waals surface area contributed by atoms with Gasteiger partial charge in [0.05, 0.1) is 12.6 Å². The summed E-state index contributed by atoms with van der Waals surface area (Å²) in [7, 11) is 1.30. The highest BCUT2D eigenvalue weighted by molar-refractivity contribution is 5.83. The summed E-state index contributed by atoms with van der Waals surface area (Å²) in [6.07, 6.45) is -3.65. The number of hydrogen-bond donors (Lipinski definition) is 2. The molecular formula is C8H15N3O4. The van der Waals surface area contributed by atoms with Crippen molar-refractivity contribution in [3.05, 3.63) is 10.4 Å². The number of nitrogens with zero attached hydrogens (tertiary/aromatic N) is 3. The molecule has 0 rings (SSSR count). The number of carbonyl (C=O) groups excluding carboxylic acids is 1. The maximum Gasteiger partial charge on any atom is 0.163 e. The summed E-state index contributed by atoms with van der Waals surface area (Å²) in [5.41, 5.74) is 8.08. The van der Waals surface area contributed by atoms with E-state index < -0.39 is 24.1 Å². The Kier molecular flexibility index (Phi) is 6.64. The van der Waals surface area contributed by atoms with Gasteiger partial charge in [-0.05, 0) is 5.53 Å². The summed E-state index contributed by atoms with van der Waals surface area (Å²) in [4.78, 5) is 13.6. The molecule has 7 heteroatoms. The molecule has 86 valence electrons. The Labute approximate surface area is 87.3 Å². The van der Waals surface area contributed by atoms with Gasteiger partial charge in [-0.25, -0.2) is 0 Å². The van der Waals surface area contributed by atoms with Crippen molar-refractivity contribution in [3.63, 3.8) is 0 Å². The lowest BCUT2D eigenvalue weighted by Gasteiger charge is -2.23. The molecular weight excluding hydrogens is 202 g/mol. The normalized spacial score (nSPS) is 16.3. The van der Waals surface area contributed by atoms with Gasteiger partial charge in [0.25, 0.3) is 0 Å². The maximum atomic E-state index is 11.1. The highest BCUT2D eigenvalue weighted by Crippen LogP contribution is 2.07. The molecule has 0 radical (unpaired) electrons. The predicted molar refractivity (Wildman–Crippen MR) is 52.1 cm³/mol. The Morgan fingerprint density at radius 3 is 2.60 bits per heavy atom. The number of aliphatic hydroxyl groups excluding tert-OH is 2. The second-order valence-electron chi connectivity index (χ2n) is 2.94. The standard InChI is InChI=1S/C8H15N3O4/c1-3-5(12)7(13)8(14)6(15-2)4-10-11-9/h6-8,13-14H,3-4H2,1-2H3. The van der Waals surface area contributed by atoms with Gasteiger partial charge in [-0.2, -0.15) is 0 Å². The minimum Gasteiger partial charge on any atom is -0.387 e. The number of methoxy groups -OCH3 is 1. The van der Waals surface area contributed by atoms with Crippen LogP contribution in [0.1, 0.15) is 13.3 Å². The lowest BCUT2D eigenvalue weighted by Crippen LogP contribution is -2.44. The molecule has 0 saturated heterocycles. The second kappa shape index (κ2) is 7.19. The van der Waals surface area contributed by atoms with Crippen molar-refractivity contribution in [2.75, 3.05) is 13.7 Å². The number of rotatable bonds is 7. The zero-order valence-electron chi connectivity index (χ0n) is 8.70. The lowest BCUT2D eigenvalue weighted by atomic mass is 10.0. The highest BCUT2D eigenvalue weighted by atomic mass is 16.5. The molecule has 0 aliphatic heterocycles. The van der Waals surface area contributed by atoms with Crippen LogP contribution in [0.3, 0.4) is 0 Å². The fourth-order valence-electron chi connectivity index (χ4n) is 1.04. The van der Waals surface area contributed by atoms with Gasteiger partial charge in [0.2, 0.25) is 0 Å². The first-order valence-electron chi connectivity index (χ1n) is 4.50. The van der Waals surface area contributed by atoms with Crippen LogP contribution in [0.4, 0.5) is 0 Å². The number of carbonyl (C=O) groups is 1. The second-order valence-corrected chi connectivity index (χ2v) is 2.94. The molecule has 0 aliphatic rings. The third kappa shape index (κ3) is 4.26. The molecule has 7 nitrogen and oxygen atoms in total. The van der Waals surface area contributed by atoms with Crippen LogP contribution in [0.15, 0.2) is 5.11 Å². The van der Waals surface area contributed by atoms with Crippen LogP contribution in [0.2, 0.25) is 0 Å². The smallest absolute Gasteiger partial charge is 0.163 e. The number of Topliss-reactive ketones (excluding diaryl/α,β-unsaturated/α-hetero) is 1. The van der Waals surface area contributed by atoms with Crippen molar-refractivity contribution < 1.29 is 19.7 Å². The van der Waals surface area contributed by atoms with Crippen LogP contribution in [0.5, 0.6) is 0 Å². The number of ketones is 1. The van der Waals surface area contributed by atoms with Crippen LogP contribution in [-0.2, 0) is 9.53 Å². The topological polar surface area (TPSA) is 116 Å². The number of ether oxygens (including phenoxy) is 1. The monoisotopic (exact) mass is 217 g/mol. The first-order valence-corrected chi connectivity index (χ1v) is 4.50. The molecule has 0 aromatic rings. The minimum absolute atomic E-state index is 0.121. The average Bonchev–Trinajstić information content (AvgIpc) is 2.27. The zero-order valence-corrected chi connectivity index (χ0v) is 8.70. The Morgan fingerprint density at radius 2 is 2.20 bits per heavy atom. The Balaban J connectivity index is 4.41. The molecule has 3 atom stereocenters. The zero-order chi connectivity index (χ0) is 11.8. The van der Waals surface area contributed by atoms with E-state index in [4.69, 9.17) is 10.3 Å². The molecule has 0 aromatic carbocycles. The van der Waals surface area contributed by atoms with Crippen LogP contribution >= 0.6 is 0 Å². The van der Waals surface area contributed by atoms with E-state index in [0.717, 1.165) is 0 Å². The maximum absolute atomic E-state index is 11.1. The summed E-state index contributed by atoms with van der Waals surface area (Å²) in [5.74, 6) is -0.481. The highest BCUT2D eigenvalue weighted by Gasteiger charge is 2.29. The molecule has 0 aliphatic carbocycles. The molecule has 0 bridgehead atoms. The number of aliphatic hydroxyl groups is 2. The first kappa shape index (κ1) is 13.9. The van der Waals surface area contributed by atoms with Gasteiger partial charge in [0.1, 0.15) is 12.2 Å². The van der Waals surface area contributed by atoms with Crippen molar-refractivity contribution in [1.29, 1.82) is 0 Å². The number of azide groups is 1. The molecule has 0 saturated carbocycles. The Bertz CT molecular complexity index is 252. The van der Waals surface area contributed by atoms with E-state index in [2.05, 4.69) is 10.0 Å². The molecule has 3 unspecified atom stereocenters. The van der Waals surface area contributed by atoms with E-state index in [-0.39, 0.29) is 13.0 Å². The fraction of sp³-hybridized carbons (Fsp3) is 0.875. The minimum atomic E-state index is -1.51.